The summed E-state index contributed by atoms with van der Waals surface area (Å²) >= 11 is 0. The highest BCUT2D eigenvalue weighted by Crippen LogP contribution is 2.25. The van der Waals surface area contributed by atoms with Gasteiger partial charge in [-0.3, -0.25) is 4.79 Å². The lowest BCUT2D eigenvalue weighted by atomic mass is 9.85. The largest absolute Gasteiger partial charge is 0.370 e. The number of aromatic nitrogens is 2. The summed E-state index contributed by atoms with van der Waals surface area (Å²) < 4.78 is 0. The van der Waals surface area contributed by atoms with E-state index in [9.17, 15) is 4.79 Å². The number of carbonyl (C=O) groups is 1. The smallest absolute Gasteiger partial charge is 0.224 e. The van der Waals surface area contributed by atoms with Gasteiger partial charge in [-0.2, -0.15) is 4.98 Å². The number of hydrogen-bond donors (Lipinski definition) is 3. The summed E-state index contributed by atoms with van der Waals surface area (Å²) in [4.78, 5) is 20.3. The third kappa shape index (κ3) is 4.08. The maximum absolute atomic E-state index is 11.6. The molecule has 0 atom stereocenters. The molecule has 1 aromatic rings. The first-order valence-corrected chi connectivity index (χ1v) is 7.30. The summed E-state index contributed by atoms with van der Waals surface area (Å²) in [5, 5.41) is 9.24. The van der Waals surface area contributed by atoms with Crippen LogP contribution < -0.4 is 16.0 Å². The summed E-state index contributed by atoms with van der Waals surface area (Å²) in [5.74, 6) is 1.84. The number of carbonyl (C=O) groups excluding carboxylic acids is 1. The van der Waals surface area contributed by atoms with Gasteiger partial charge in [-0.15, -0.1) is 0 Å². The summed E-state index contributed by atoms with van der Waals surface area (Å²) in [7, 11) is 0. The average molecular weight is 277 g/mol. The molecular formula is C14H23N5O. The molecule has 1 aliphatic carbocycles. The van der Waals surface area contributed by atoms with Gasteiger partial charge >= 0.3 is 0 Å². The fourth-order valence-electron chi connectivity index (χ4n) is 2.09. The van der Waals surface area contributed by atoms with Gasteiger partial charge in [-0.05, 0) is 26.7 Å². The monoisotopic (exact) mass is 277 g/mol. The normalized spacial score (nSPS) is 14.5. The van der Waals surface area contributed by atoms with Crippen molar-refractivity contribution in [1.29, 1.82) is 0 Å². The van der Waals surface area contributed by atoms with Crippen molar-refractivity contribution in [3.8, 4) is 0 Å². The SMILES string of the molecule is CCNc1cc(C)nc(NCCNC(=O)C2CCC2)n1. The van der Waals surface area contributed by atoms with E-state index in [-0.39, 0.29) is 11.8 Å². The van der Waals surface area contributed by atoms with E-state index in [1.165, 1.54) is 6.42 Å². The maximum atomic E-state index is 11.6. The van der Waals surface area contributed by atoms with Gasteiger partial charge < -0.3 is 16.0 Å². The van der Waals surface area contributed by atoms with Gasteiger partial charge in [0.25, 0.3) is 0 Å². The molecule has 1 fully saturated rings. The van der Waals surface area contributed by atoms with Gasteiger partial charge in [-0.25, -0.2) is 4.98 Å². The molecule has 0 spiro atoms. The van der Waals surface area contributed by atoms with Crippen LogP contribution in [-0.4, -0.2) is 35.5 Å². The Bertz CT molecular complexity index is 459. The van der Waals surface area contributed by atoms with Crippen LogP contribution in [0.4, 0.5) is 11.8 Å². The summed E-state index contributed by atoms with van der Waals surface area (Å²) in [6.07, 6.45) is 3.25. The van der Waals surface area contributed by atoms with Crippen molar-refractivity contribution in [1.82, 2.24) is 15.3 Å². The van der Waals surface area contributed by atoms with E-state index in [0.717, 1.165) is 30.9 Å². The second-order valence-corrected chi connectivity index (χ2v) is 5.09. The van der Waals surface area contributed by atoms with Gasteiger partial charge in [0, 0.05) is 37.3 Å². The molecule has 6 nitrogen and oxygen atoms in total. The van der Waals surface area contributed by atoms with Gasteiger partial charge in [0.2, 0.25) is 11.9 Å². The average Bonchev–Trinajstić information content (AvgIpc) is 2.32. The molecule has 1 aromatic heterocycles. The first kappa shape index (κ1) is 14.6. The molecule has 0 aliphatic heterocycles. The molecular weight excluding hydrogens is 254 g/mol. The fourth-order valence-corrected chi connectivity index (χ4v) is 2.09. The standard InChI is InChI=1S/C14H23N5O/c1-3-15-12-9-10(2)18-14(19-12)17-8-7-16-13(20)11-5-4-6-11/h9,11H,3-8H2,1-2H3,(H,16,20)(H2,15,17,18,19). The second-order valence-electron chi connectivity index (χ2n) is 5.09. The van der Waals surface area contributed by atoms with E-state index in [1.807, 2.05) is 19.9 Å². The second kappa shape index (κ2) is 7.07. The van der Waals surface area contributed by atoms with E-state index in [0.29, 0.717) is 19.0 Å². The minimum atomic E-state index is 0.177. The third-order valence-corrected chi connectivity index (χ3v) is 3.40. The molecule has 1 aliphatic rings. The minimum absolute atomic E-state index is 0.177. The Balaban J connectivity index is 1.74. The van der Waals surface area contributed by atoms with Crippen molar-refractivity contribution in [3.63, 3.8) is 0 Å². The Kier molecular flexibility index (Phi) is 5.15. The number of nitrogens with zero attached hydrogens (tertiary/aromatic N) is 2. The third-order valence-electron chi connectivity index (χ3n) is 3.40. The predicted molar refractivity (Wildman–Crippen MR) is 79.8 cm³/mol. The van der Waals surface area contributed by atoms with Crippen LogP contribution in [0.25, 0.3) is 0 Å². The van der Waals surface area contributed by atoms with Crippen LogP contribution in [-0.2, 0) is 4.79 Å². The molecule has 1 heterocycles. The molecule has 1 saturated carbocycles. The Morgan fingerprint density at radius 3 is 2.75 bits per heavy atom. The van der Waals surface area contributed by atoms with Crippen LogP contribution in [0.15, 0.2) is 6.07 Å². The topological polar surface area (TPSA) is 78.9 Å². The van der Waals surface area contributed by atoms with Crippen LogP contribution >= 0.6 is 0 Å². The lowest BCUT2D eigenvalue weighted by Gasteiger charge is -2.24. The lowest BCUT2D eigenvalue weighted by Crippen LogP contribution is -2.37. The zero-order valence-corrected chi connectivity index (χ0v) is 12.2. The Hall–Kier alpha value is -1.85. The van der Waals surface area contributed by atoms with Crippen LogP contribution in [0.1, 0.15) is 31.9 Å². The van der Waals surface area contributed by atoms with Gasteiger partial charge in [0.1, 0.15) is 5.82 Å². The Morgan fingerprint density at radius 1 is 1.30 bits per heavy atom. The fraction of sp³-hybridized carbons (Fsp3) is 0.643. The summed E-state index contributed by atoms with van der Waals surface area (Å²) in [5.41, 5.74) is 0.914. The Morgan fingerprint density at radius 2 is 2.10 bits per heavy atom. The maximum Gasteiger partial charge on any atom is 0.224 e. The van der Waals surface area contributed by atoms with Crippen LogP contribution in [0.3, 0.4) is 0 Å². The van der Waals surface area contributed by atoms with E-state index in [1.54, 1.807) is 0 Å². The molecule has 1 amide bonds. The Labute approximate surface area is 119 Å². The van der Waals surface area contributed by atoms with Crippen molar-refractivity contribution in [2.75, 3.05) is 30.3 Å². The highest BCUT2D eigenvalue weighted by Gasteiger charge is 2.24. The first-order chi connectivity index (χ1) is 9.69. The number of nitrogens with one attached hydrogen (secondary N) is 3. The lowest BCUT2D eigenvalue weighted by molar-refractivity contribution is -0.127. The van der Waals surface area contributed by atoms with Gasteiger partial charge in [0.15, 0.2) is 0 Å². The number of rotatable bonds is 7. The van der Waals surface area contributed by atoms with E-state index >= 15 is 0 Å². The number of amides is 1. The number of aryl methyl sites for hydroxylation is 1. The van der Waals surface area contributed by atoms with Gasteiger partial charge in [-0.1, -0.05) is 6.42 Å². The quantitative estimate of drug-likeness (QED) is 0.659. The van der Waals surface area contributed by atoms with Gasteiger partial charge in [0.05, 0.1) is 0 Å². The van der Waals surface area contributed by atoms with Crippen molar-refractivity contribution < 1.29 is 4.79 Å². The van der Waals surface area contributed by atoms with Crippen molar-refractivity contribution >= 4 is 17.7 Å². The van der Waals surface area contributed by atoms with Crippen molar-refractivity contribution in [3.05, 3.63) is 11.8 Å². The van der Waals surface area contributed by atoms with E-state index < -0.39 is 0 Å². The highest BCUT2D eigenvalue weighted by molar-refractivity contribution is 5.79. The molecule has 0 radical (unpaired) electrons. The minimum Gasteiger partial charge on any atom is -0.370 e. The molecule has 0 unspecified atom stereocenters. The molecule has 20 heavy (non-hydrogen) atoms. The molecule has 2 rings (SSSR count). The van der Waals surface area contributed by atoms with Crippen LogP contribution in [0.5, 0.6) is 0 Å². The van der Waals surface area contributed by atoms with E-state index in [2.05, 4.69) is 25.9 Å². The molecule has 3 N–H and O–H groups in total. The van der Waals surface area contributed by atoms with E-state index in [4.69, 9.17) is 0 Å². The van der Waals surface area contributed by atoms with Crippen LogP contribution in [0, 0.1) is 12.8 Å². The molecule has 0 aromatic carbocycles. The first-order valence-electron chi connectivity index (χ1n) is 7.30. The molecule has 0 bridgehead atoms. The van der Waals surface area contributed by atoms with Crippen molar-refractivity contribution in [2.24, 2.45) is 5.92 Å². The molecule has 6 heteroatoms. The summed E-state index contributed by atoms with van der Waals surface area (Å²) in [6.45, 7) is 6.02. The van der Waals surface area contributed by atoms with Crippen LogP contribution in [0.2, 0.25) is 0 Å². The molecule has 110 valence electrons. The predicted octanol–water partition coefficient (Wildman–Crippen LogP) is 1.55. The number of anilines is 2. The zero-order valence-electron chi connectivity index (χ0n) is 12.2. The number of hydrogen-bond acceptors (Lipinski definition) is 5. The molecule has 0 saturated heterocycles. The summed E-state index contributed by atoms with van der Waals surface area (Å²) in [6, 6.07) is 1.91. The van der Waals surface area contributed by atoms with Crippen molar-refractivity contribution in [2.45, 2.75) is 33.1 Å². The zero-order chi connectivity index (χ0) is 14.4. The highest BCUT2D eigenvalue weighted by atomic mass is 16.1.